The lowest BCUT2D eigenvalue weighted by molar-refractivity contribution is -0.121. The number of fused-ring (bicyclic) bond motifs is 1. The Morgan fingerprint density at radius 1 is 1.15 bits per heavy atom. The van der Waals surface area contributed by atoms with Gasteiger partial charge in [-0.05, 0) is 76.2 Å². The number of piperidine rings is 1. The highest BCUT2D eigenvalue weighted by Crippen LogP contribution is 2.35. The molecule has 1 aromatic carbocycles. The van der Waals surface area contributed by atoms with E-state index in [9.17, 15) is 9.18 Å². The van der Waals surface area contributed by atoms with E-state index in [0.29, 0.717) is 31.3 Å². The van der Waals surface area contributed by atoms with Crippen LogP contribution in [0.2, 0.25) is 0 Å². The molecule has 4 atom stereocenters. The van der Waals surface area contributed by atoms with Crippen LogP contribution in [0.3, 0.4) is 0 Å². The van der Waals surface area contributed by atoms with Crippen LogP contribution in [-0.2, 0) is 11.3 Å². The molecule has 5 rings (SSSR count). The second-order valence-electron chi connectivity index (χ2n) is 13.3. The van der Waals surface area contributed by atoms with Gasteiger partial charge in [-0.3, -0.25) is 9.69 Å². The molecule has 46 heavy (non-hydrogen) atoms. The van der Waals surface area contributed by atoms with E-state index in [1.165, 1.54) is 0 Å². The zero-order chi connectivity index (χ0) is 32.8. The van der Waals surface area contributed by atoms with Crippen molar-refractivity contribution >= 4 is 17.5 Å². The molecule has 3 heterocycles. The molecule has 2 aromatic heterocycles. The number of hydrogen-bond donors (Lipinski definition) is 3. The first-order chi connectivity index (χ1) is 22.1. The summed E-state index contributed by atoms with van der Waals surface area (Å²) in [5.74, 6) is 0.833. The molecule has 1 amide bonds. The SMILES string of the molecule is CC(C)c1cnn2c(NCc3ccc(C4CCC(F)C(NC(=O)C/C=C/C(N)N(C)C)C4)cc3)nc(OC3CCN(C)CC3)nc12. The standard InChI is InChI=1S/C34H50FN9O2/c1-22(2)27-21-38-44-32(27)40-34(46-26-15-17-43(5)18-16-26)41-33(44)37-20-23-9-11-24(12-10-23)25-13-14-28(35)29(19-25)39-31(45)8-6-7-30(36)42(3)4/h6-7,9-12,21-22,25-26,28-30H,8,13-20,36H2,1-5H3,(H,39,45)(H,37,40,41)/b7-6+. The summed E-state index contributed by atoms with van der Waals surface area (Å²) < 4.78 is 22.8. The summed E-state index contributed by atoms with van der Waals surface area (Å²) in [7, 11) is 5.87. The van der Waals surface area contributed by atoms with Crippen LogP contribution in [0.15, 0.2) is 42.6 Å². The zero-order valence-electron chi connectivity index (χ0n) is 27.8. The first-order valence-electron chi connectivity index (χ1n) is 16.5. The number of likely N-dealkylation sites (N-methyl/N-ethyl adjacent to an activating group) is 1. The fourth-order valence-corrected chi connectivity index (χ4v) is 6.13. The number of carbonyl (C=O) groups is 1. The van der Waals surface area contributed by atoms with E-state index in [1.807, 2.05) is 25.2 Å². The summed E-state index contributed by atoms with van der Waals surface area (Å²) in [6, 6.07) is 8.28. The van der Waals surface area contributed by atoms with E-state index in [0.717, 1.165) is 54.7 Å². The number of nitrogens with zero attached hydrogens (tertiary/aromatic N) is 6. The van der Waals surface area contributed by atoms with Crippen LogP contribution in [0, 0.1) is 0 Å². The molecule has 4 N–H and O–H groups in total. The van der Waals surface area contributed by atoms with Crippen molar-refractivity contribution < 1.29 is 13.9 Å². The maximum atomic E-state index is 14.8. The Bertz CT molecular complexity index is 1470. The highest BCUT2D eigenvalue weighted by atomic mass is 19.1. The molecule has 12 heteroatoms. The number of alkyl halides is 1. The van der Waals surface area contributed by atoms with Gasteiger partial charge in [0.2, 0.25) is 11.9 Å². The van der Waals surface area contributed by atoms with Crippen molar-refractivity contribution in [2.75, 3.05) is 39.5 Å². The number of benzene rings is 1. The van der Waals surface area contributed by atoms with Gasteiger partial charge in [-0.25, -0.2) is 4.39 Å². The Morgan fingerprint density at radius 2 is 1.89 bits per heavy atom. The van der Waals surface area contributed by atoms with Gasteiger partial charge in [0.15, 0.2) is 5.65 Å². The van der Waals surface area contributed by atoms with Gasteiger partial charge >= 0.3 is 6.01 Å². The Kier molecular flexibility index (Phi) is 11.2. The molecule has 0 radical (unpaired) electrons. The third-order valence-electron chi connectivity index (χ3n) is 9.18. The topological polar surface area (TPSA) is 126 Å². The summed E-state index contributed by atoms with van der Waals surface area (Å²) in [6.45, 7) is 6.78. The van der Waals surface area contributed by atoms with Gasteiger partial charge < -0.3 is 26.0 Å². The minimum Gasteiger partial charge on any atom is -0.460 e. The summed E-state index contributed by atoms with van der Waals surface area (Å²) in [5.41, 5.74) is 9.98. The molecule has 1 aliphatic carbocycles. The lowest BCUT2D eigenvalue weighted by Crippen LogP contribution is -2.44. The van der Waals surface area contributed by atoms with Crippen molar-refractivity contribution in [2.45, 2.75) is 95.2 Å². The van der Waals surface area contributed by atoms with Crippen LogP contribution in [0.1, 0.15) is 80.9 Å². The largest absolute Gasteiger partial charge is 0.460 e. The lowest BCUT2D eigenvalue weighted by atomic mass is 9.80. The van der Waals surface area contributed by atoms with E-state index in [1.54, 1.807) is 16.7 Å². The molecule has 11 nitrogen and oxygen atoms in total. The summed E-state index contributed by atoms with van der Waals surface area (Å²) in [4.78, 5) is 26.2. The molecular formula is C34H50FN9O2. The zero-order valence-corrected chi connectivity index (χ0v) is 27.8. The number of likely N-dealkylation sites (tertiary alicyclic amines) is 1. The molecule has 1 aliphatic heterocycles. The predicted molar refractivity (Wildman–Crippen MR) is 179 cm³/mol. The molecule has 1 saturated carbocycles. The van der Waals surface area contributed by atoms with Gasteiger partial charge in [-0.2, -0.15) is 19.6 Å². The molecule has 3 aromatic rings. The first-order valence-corrected chi connectivity index (χ1v) is 16.5. The molecule has 0 bridgehead atoms. The van der Waals surface area contributed by atoms with Crippen LogP contribution in [0.25, 0.3) is 5.65 Å². The number of amides is 1. The second-order valence-corrected chi connectivity index (χ2v) is 13.3. The van der Waals surface area contributed by atoms with Crippen molar-refractivity contribution in [3.63, 3.8) is 0 Å². The molecule has 2 fully saturated rings. The van der Waals surface area contributed by atoms with Gasteiger partial charge in [0, 0.05) is 31.6 Å². The second kappa shape index (κ2) is 15.3. The van der Waals surface area contributed by atoms with Crippen LogP contribution >= 0.6 is 0 Å². The predicted octanol–water partition coefficient (Wildman–Crippen LogP) is 4.22. The van der Waals surface area contributed by atoms with Crippen LogP contribution in [-0.4, -0.2) is 94.0 Å². The quantitative estimate of drug-likeness (QED) is 0.198. The smallest absolute Gasteiger partial charge is 0.322 e. The molecule has 4 unspecified atom stereocenters. The van der Waals surface area contributed by atoms with Gasteiger partial charge in [0.1, 0.15) is 12.3 Å². The highest BCUT2D eigenvalue weighted by Gasteiger charge is 2.32. The number of rotatable bonds is 12. The average molecular weight is 636 g/mol. The minimum absolute atomic E-state index is 0.0914. The average Bonchev–Trinajstić information content (AvgIpc) is 3.47. The summed E-state index contributed by atoms with van der Waals surface area (Å²) in [5, 5.41) is 11.0. The van der Waals surface area contributed by atoms with Crippen molar-refractivity contribution in [1.29, 1.82) is 0 Å². The first kappa shape index (κ1) is 33.7. The van der Waals surface area contributed by atoms with Crippen LogP contribution in [0.4, 0.5) is 10.3 Å². The fraction of sp³-hybridized carbons (Fsp3) is 0.588. The number of ether oxygens (including phenoxy) is 1. The van der Waals surface area contributed by atoms with Gasteiger partial charge in [-0.1, -0.05) is 50.3 Å². The van der Waals surface area contributed by atoms with Gasteiger partial charge in [-0.15, -0.1) is 0 Å². The third kappa shape index (κ3) is 8.59. The van der Waals surface area contributed by atoms with E-state index in [2.05, 4.69) is 65.8 Å². The van der Waals surface area contributed by atoms with Crippen LogP contribution < -0.4 is 21.1 Å². The van der Waals surface area contributed by atoms with Crippen molar-refractivity contribution in [3.8, 4) is 6.01 Å². The molecular weight excluding hydrogens is 585 g/mol. The number of carbonyl (C=O) groups excluding carboxylic acids is 1. The number of nitrogens with two attached hydrogens (primary N) is 1. The van der Waals surface area contributed by atoms with E-state index in [-0.39, 0.29) is 36.4 Å². The normalized spacial score (nSPS) is 22.2. The summed E-state index contributed by atoms with van der Waals surface area (Å²) >= 11 is 0. The van der Waals surface area contributed by atoms with Crippen LogP contribution in [0.5, 0.6) is 6.01 Å². The maximum absolute atomic E-state index is 14.8. The Hall–Kier alpha value is -3.61. The van der Waals surface area contributed by atoms with Gasteiger partial charge in [0.25, 0.3) is 0 Å². The number of nitrogens with one attached hydrogen (secondary N) is 2. The number of anilines is 1. The van der Waals surface area contributed by atoms with Crippen molar-refractivity contribution in [3.05, 3.63) is 59.3 Å². The summed E-state index contributed by atoms with van der Waals surface area (Å²) in [6.07, 6.45) is 7.97. The van der Waals surface area contributed by atoms with E-state index in [4.69, 9.17) is 20.4 Å². The molecule has 2 aliphatic rings. The highest BCUT2D eigenvalue weighted by molar-refractivity contribution is 5.77. The minimum atomic E-state index is -1.05. The van der Waals surface area contributed by atoms with Crippen molar-refractivity contribution in [2.24, 2.45) is 5.73 Å². The Balaban J connectivity index is 1.21. The molecule has 1 saturated heterocycles. The molecule has 250 valence electrons. The Labute approximate surface area is 271 Å². The van der Waals surface area contributed by atoms with E-state index < -0.39 is 12.2 Å². The van der Waals surface area contributed by atoms with Crippen molar-refractivity contribution in [1.82, 2.24) is 34.7 Å². The Morgan fingerprint density at radius 3 is 2.59 bits per heavy atom. The maximum Gasteiger partial charge on any atom is 0.322 e. The fourth-order valence-electron chi connectivity index (χ4n) is 6.13. The van der Waals surface area contributed by atoms with Gasteiger partial charge in [0.05, 0.1) is 18.4 Å². The number of aromatic nitrogens is 4. The van der Waals surface area contributed by atoms with E-state index >= 15 is 0 Å². The number of halogens is 1. The molecule has 0 spiro atoms. The lowest BCUT2D eigenvalue weighted by Gasteiger charge is -2.33. The monoisotopic (exact) mass is 635 g/mol. The third-order valence-corrected chi connectivity index (χ3v) is 9.18. The number of hydrogen-bond acceptors (Lipinski definition) is 9.